The van der Waals surface area contributed by atoms with E-state index in [4.69, 9.17) is 5.73 Å². The second-order valence-corrected chi connectivity index (χ2v) is 6.33. The quantitative estimate of drug-likeness (QED) is 0.886. The summed E-state index contributed by atoms with van der Waals surface area (Å²) in [5.74, 6) is -0.590. The van der Waals surface area contributed by atoms with Gasteiger partial charge >= 0.3 is 0 Å². The molecule has 3 N–H and O–H groups in total. The second kappa shape index (κ2) is 6.91. The number of aromatic nitrogens is 1. The van der Waals surface area contributed by atoms with Gasteiger partial charge in [0.15, 0.2) is 0 Å². The third-order valence-corrected chi connectivity index (χ3v) is 4.68. The van der Waals surface area contributed by atoms with Gasteiger partial charge in [-0.2, -0.15) is 0 Å². The van der Waals surface area contributed by atoms with Crippen molar-refractivity contribution in [1.82, 2.24) is 9.88 Å². The van der Waals surface area contributed by atoms with E-state index in [1.54, 1.807) is 6.07 Å². The van der Waals surface area contributed by atoms with Crippen molar-refractivity contribution in [2.45, 2.75) is 38.6 Å². The van der Waals surface area contributed by atoms with Crippen LogP contribution in [0.3, 0.4) is 0 Å². The number of hydrogen-bond acceptors (Lipinski definition) is 2. The van der Waals surface area contributed by atoms with E-state index in [0.717, 1.165) is 25.7 Å². The zero-order valence-corrected chi connectivity index (χ0v) is 13.9. The van der Waals surface area contributed by atoms with E-state index < -0.39 is 5.91 Å². The van der Waals surface area contributed by atoms with Gasteiger partial charge in [-0.25, -0.2) is 0 Å². The smallest absolute Gasteiger partial charge is 0.270 e. The van der Waals surface area contributed by atoms with Gasteiger partial charge < -0.3 is 15.6 Å². The van der Waals surface area contributed by atoms with Gasteiger partial charge in [-0.3, -0.25) is 9.59 Å². The Bertz CT molecular complexity index is 751. The van der Waals surface area contributed by atoms with E-state index in [1.807, 2.05) is 4.90 Å². The number of nitrogens with two attached hydrogens (primary N) is 1. The van der Waals surface area contributed by atoms with Gasteiger partial charge in [-0.15, -0.1) is 0 Å². The van der Waals surface area contributed by atoms with E-state index >= 15 is 0 Å². The standard InChI is InChI=1S/C19H23N3O2/c1-2-9-22(19(24)17-11-15(12-21-17)18(20)23)16-8-7-13-5-3-4-6-14(13)10-16/h3-6,11-12,16,21H,2,7-10H2,1H3,(H2,20,23)/t16-/m0/s1. The third kappa shape index (κ3) is 3.20. The molecule has 1 aromatic heterocycles. The maximum Gasteiger partial charge on any atom is 0.270 e. The number of rotatable bonds is 5. The molecule has 0 aliphatic heterocycles. The molecule has 5 heteroatoms. The largest absolute Gasteiger partial charge is 0.366 e. The van der Waals surface area contributed by atoms with Crippen molar-refractivity contribution in [1.29, 1.82) is 0 Å². The topological polar surface area (TPSA) is 79.2 Å². The normalized spacial score (nSPS) is 16.5. The summed E-state index contributed by atoms with van der Waals surface area (Å²) in [6.45, 7) is 2.77. The molecule has 1 aliphatic rings. The van der Waals surface area contributed by atoms with Gasteiger partial charge in [0.05, 0.1) is 5.56 Å². The molecule has 0 saturated heterocycles. The van der Waals surface area contributed by atoms with Crippen LogP contribution in [0.15, 0.2) is 36.5 Å². The molecular weight excluding hydrogens is 302 g/mol. The lowest BCUT2D eigenvalue weighted by Crippen LogP contribution is -2.44. The van der Waals surface area contributed by atoms with Crippen LogP contribution >= 0.6 is 0 Å². The minimum absolute atomic E-state index is 0.0614. The molecule has 0 unspecified atom stereocenters. The Hall–Kier alpha value is -2.56. The maximum absolute atomic E-state index is 12.9. The number of carbonyl (C=O) groups excluding carboxylic acids is 2. The van der Waals surface area contributed by atoms with Crippen LogP contribution < -0.4 is 5.73 Å². The number of nitrogens with one attached hydrogen (secondary N) is 1. The van der Waals surface area contributed by atoms with Crippen LogP contribution in [0, 0.1) is 0 Å². The third-order valence-electron chi connectivity index (χ3n) is 4.68. The van der Waals surface area contributed by atoms with E-state index in [2.05, 4.69) is 36.2 Å². The van der Waals surface area contributed by atoms with Crippen LogP contribution in [0.25, 0.3) is 0 Å². The summed E-state index contributed by atoms with van der Waals surface area (Å²) in [4.78, 5) is 29.0. The molecule has 0 saturated carbocycles. The number of fused-ring (bicyclic) bond motifs is 1. The fraction of sp³-hybridized carbons (Fsp3) is 0.368. The van der Waals surface area contributed by atoms with E-state index in [9.17, 15) is 9.59 Å². The van der Waals surface area contributed by atoms with Crippen molar-refractivity contribution >= 4 is 11.8 Å². The zero-order valence-electron chi connectivity index (χ0n) is 13.9. The molecule has 0 spiro atoms. The van der Waals surface area contributed by atoms with E-state index in [1.165, 1.54) is 17.3 Å². The van der Waals surface area contributed by atoms with Crippen molar-refractivity contribution in [2.24, 2.45) is 5.73 Å². The molecule has 1 heterocycles. The van der Waals surface area contributed by atoms with Gasteiger partial charge in [0.25, 0.3) is 5.91 Å². The predicted octanol–water partition coefficient (Wildman–Crippen LogP) is 2.52. The summed E-state index contributed by atoms with van der Waals surface area (Å²) in [7, 11) is 0. The molecule has 0 fully saturated rings. The highest BCUT2D eigenvalue weighted by molar-refractivity contribution is 5.98. The highest BCUT2D eigenvalue weighted by Crippen LogP contribution is 2.25. The number of nitrogens with zero attached hydrogens (tertiary/aromatic N) is 1. The monoisotopic (exact) mass is 325 g/mol. The van der Waals surface area contributed by atoms with Crippen molar-refractivity contribution < 1.29 is 9.59 Å². The lowest BCUT2D eigenvalue weighted by molar-refractivity contribution is 0.0656. The van der Waals surface area contributed by atoms with Crippen molar-refractivity contribution in [3.05, 3.63) is 58.9 Å². The minimum atomic E-state index is -0.529. The van der Waals surface area contributed by atoms with Crippen LogP contribution in [-0.4, -0.2) is 34.3 Å². The summed E-state index contributed by atoms with van der Waals surface area (Å²) in [5, 5.41) is 0. The first-order valence-corrected chi connectivity index (χ1v) is 8.46. The predicted molar refractivity (Wildman–Crippen MR) is 92.9 cm³/mol. The number of aromatic amines is 1. The molecule has 2 amide bonds. The number of carbonyl (C=O) groups is 2. The number of hydrogen-bond donors (Lipinski definition) is 2. The lowest BCUT2D eigenvalue weighted by Gasteiger charge is -2.35. The van der Waals surface area contributed by atoms with Gasteiger partial charge in [0.2, 0.25) is 5.91 Å². The maximum atomic E-state index is 12.9. The summed E-state index contributed by atoms with van der Waals surface area (Å²) in [6.07, 6.45) is 5.23. The molecule has 2 aromatic rings. The Balaban J connectivity index is 1.81. The number of primary amides is 1. The highest BCUT2D eigenvalue weighted by Gasteiger charge is 2.28. The Morgan fingerprint density at radius 2 is 2.04 bits per heavy atom. The fourth-order valence-electron chi connectivity index (χ4n) is 3.45. The SMILES string of the molecule is CCCN(C(=O)c1cc(C(N)=O)c[nH]1)[C@H]1CCc2ccccc2C1. The fourth-order valence-corrected chi connectivity index (χ4v) is 3.45. The average molecular weight is 325 g/mol. The molecule has 1 atom stereocenters. The van der Waals surface area contributed by atoms with Crippen molar-refractivity contribution in [2.75, 3.05) is 6.54 Å². The first kappa shape index (κ1) is 16.3. The van der Waals surface area contributed by atoms with Crippen LogP contribution in [0.2, 0.25) is 0 Å². The van der Waals surface area contributed by atoms with Crippen LogP contribution in [-0.2, 0) is 12.8 Å². The average Bonchev–Trinajstić information content (AvgIpc) is 3.09. The highest BCUT2D eigenvalue weighted by atomic mass is 16.2. The van der Waals surface area contributed by atoms with Crippen molar-refractivity contribution in [3.63, 3.8) is 0 Å². The first-order chi connectivity index (χ1) is 11.6. The van der Waals surface area contributed by atoms with Crippen LogP contribution in [0.4, 0.5) is 0 Å². The minimum Gasteiger partial charge on any atom is -0.366 e. The Labute approximate surface area is 141 Å². The van der Waals surface area contributed by atoms with Crippen LogP contribution in [0.1, 0.15) is 51.7 Å². The molecule has 1 aliphatic carbocycles. The van der Waals surface area contributed by atoms with Gasteiger partial charge in [-0.05, 0) is 42.9 Å². The Morgan fingerprint density at radius 1 is 1.29 bits per heavy atom. The Kier molecular flexibility index (Phi) is 4.69. The number of H-pyrrole nitrogens is 1. The lowest BCUT2D eigenvalue weighted by atomic mass is 9.87. The molecule has 1 aromatic carbocycles. The summed E-state index contributed by atoms with van der Waals surface area (Å²) < 4.78 is 0. The zero-order chi connectivity index (χ0) is 17.1. The van der Waals surface area contributed by atoms with Crippen LogP contribution in [0.5, 0.6) is 0 Å². The summed E-state index contributed by atoms with van der Waals surface area (Å²) in [6, 6.07) is 10.2. The van der Waals surface area contributed by atoms with Gasteiger partial charge in [-0.1, -0.05) is 31.2 Å². The molecule has 0 radical (unpaired) electrons. The number of aryl methyl sites for hydroxylation is 1. The van der Waals surface area contributed by atoms with E-state index in [-0.39, 0.29) is 11.9 Å². The first-order valence-electron chi connectivity index (χ1n) is 8.46. The summed E-state index contributed by atoms with van der Waals surface area (Å²) in [5.41, 5.74) is 8.75. The molecule has 126 valence electrons. The number of amides is 2. The molecule has 24 heavy (non-hydrogen) atoms. The number of benzene rings is 1. The van der Waals surface area contributed by atoms with Crippen molar-refractivity contribution in [3.8, 4) is 0 Å². The summed E-state index contributed by atoms with van der Waals surface area (Å²) >= 11 is 0. The molecule has 3 rings (SSSR count). The van der Waals surface area contributed by atoms with Gasteiger partial charge in [0.1, 0.15) is 5.69 Å². The molecular formula is C19H23N3O2. The second-order valence-electron chi connectivity index (χ2n) is 6.33. The molecule has 5 nitrogen and oxygen atoms in total. The Morgan fingerprint density at radius 3 is 2.71 bits per heavy atom. The van der Waals surface area contributed by atoms with Gasteiger partial charge in [0, 0.05) is 18.8 Å². The molecule has 0 bridgehead atoms. The van der Waals surface area contributed by atoms with E-state index in [0.29, 0.717) is 17.8 Å².